The van der Waals surface area contributed by atoms with E-state index in [1.165, 1.54) is 0 Å². The minimum Gasteiger partial charge on any atom is -0.493 e. The summed E-state index contributed by atoms with van der Waals surface area (Å²) in [6.45, 7) is 1.04. The maximum absolute atomic E-state index is 12.1. The quantitative estimate of drug-likeness (QED) is 0.364. The van der Waals surface area contributed by atoms with Crippen molar-refractivity contribution in [2.45, 2.75) is 12.5 Å². The highest BCUT2D eigenvalue weighted by Crippen LogP contribution is 2.17. The molecule has 2 amide bonds. The molecule has 0 aliphatic rings. The van der Waals surface area contributed by atoms with E-state index in [9.17, 15) is 14.3 Å². The van der Waals surface area contributed by atoms with Gasteiger partial charge in [-0.1, -0.05) is 12.1 Å². The number of benzene rings is 2. The molecule has 2 aromatic rings. The normalized spacial score (nSPS) is 11.3. The molecule has 8 nitrogen and oxygen atoms in total. The number of anilines is 1. The first kappa shape index (κ1) is 23.9. The number of nitriles is 1. The van der Waals surface area contributed by atoms with Crippen LogP contribution in [-0.2, 0) is 0 Å². The van der Waals surface area contributed by atoms with E-state index < -0.39 is 12.8 Å². The van der Waals surface area contributed by atoms with Crippen LogP contribution in [0.4, 0.5) is 14.9 Å². The van der Waals surface area contributed by atoms with Gasteiger partial charge < -0.3 is 30.5 Å². The second-order valence-corrected chi connectivity index (χ2v) is 6.57. The fourth-order valence-electron chi connectivity index (χ4n) is 2.52. The monoisotopic (exact) mass is 429 g/mol. The summed E-state index contributed by atoms with van der Waals surface area (Å²) < 4.78 is 22.9. The van der Waals surface area contributed by atoms with E-state index in [1.807, 2.05) is 6.07 Å². The summed E-state index contributed by atoms with van der Waals surface area (Å²) in [7, 11) is 0. The number of hydrogen-bond acceptors (Lipinski definition) is 6. The van der Waals surface area contributed by atoms with Crippen molar-refractivity contribution in [3.8, 4) is 17.6 Å². The molecule has 166 valence electrons. The Morgan fingerprint density at radius 2 is 1.90 bits per heavy atom. The van der Waals surface area contributed by atoms with Gasteiger partial charge in [-0.3, -0.25) is 4.39 Å². The number of carbonyl (C=O) groups is 1. The zero-order valence-corrected chi connectivity index (χ0v) is 17.1. The van der Waals surface area contributed by atoms with Gasteiger partial charge in [-0.2, -0.15) is 5.26 Å². The van der Waals surface area contributed by atoms with Crippen molar-refractivity contribution in [1.82, 2.24) is 10.6 Å². The van der Waals surface area contributed by atoms with E-state index in [0.717, 1.165) is 0 Å². The zero-order valence-electron chi connectivity index (χ0n) is 17.1. The molecule has 0 aromatic heterocycles. The largest absolute Gasteiger partial charge is 0.493 e. The number of halogens is 1. The lowest BCUT2D eigenvalue weighted by molar-refractivity contribution is 0.106. The van der Waals surface area contributed by atoms with Crippen LogP contribution in [0.3, 0.4) is 0 Å². The number of hydrogen-bond donors (Lipinski definition) is 4. The zero-order chi connectivity index (χ0) is 22.3. The number of nitrogens with one attached hydrogen (secondary N) is 3. The number of carbonyl (C=O) groups excluding carboxylic acids is 1. The SMILES string of the molecule is N#Cc1ccccc1OC[C@@H](O)CNCCNC(=O)Nc1ccc(OCCC[18F])cc1. The van der Waals surface area contributed by atoms with E-state index in [1.54, 1.807) is 48.5 Å². The fourth-order valence-corrected chi connectivity index (χ4v) is 2.52. The molecule has 31 heavy (non-hydrogen) atoms. The van der Waals surface area contributed by atoms with E-state index in [0.29, 0.717) is 48.9 Å². The highest BCUT2D eigenvalue weighted by atomic mass is 18.2. The standard InChI is InChI=1S/C22H27FN4O4/c23-10-3-13-30-20-8-6-18(7-9-20)27-22(29)26-12-11-25-15-19(28)16-31-21-5-2-1-4-17(21)14-24/h1-2,4-9,19,25,28H,3,10-13,15-16H2,(H2,26,27,29)/t19-/m0/s1/i23-1. The Morgan fingerprint density at radius 3 is 2.65 bits per heavy atom. The van der Waals surface area contributed by atoms with Crippen molar-refractivity contribution in [1.29, 1.82) is 5.26 Å². The number of alkyl halides is 1. The van der Waals surface area contributed by atoms with Gasteiger partial charge in [0.15, 0.2) is 0 Å². The Morgan fingerprint density at radius 1 is 1.13 bits per heavy atom. The minimum absolute atomic E-state index is 0.0487. The van der Waals surface area contributed by atoms with Crippen LogP contribution in [0.1, 0.15) is 12.0 Å². The Bertz CT molecular complexity index is 842. The number of para-hydroxylation sites is 1. The van der Waals surface area contributed by atoms with Gasteiger partial charge in [-0.25, -0.2) is 4.79 Å². The second-order valence-electron chi connectivity index (χ2n) is 6.57. The first-order valence-electron chi connectivity index (χ1n) is 9.96. The van der Waals surface area contributed by atoms with E-state index >= 15 is 0 Å². The Balaban J connectivity index is 1.56. The number of ether oxygens (including phenoxy) is 2. The average molecular weight is 429 g/mol. The highest BCUT2D eigenvalue weighted by Gasteiger charge is 2.08. The van der Waals surface area contributed by atoms with Gasteiger partial charge in [0.25, 0.3) is 0 Å². The minimum atomic E-state index is -0.758. The van der Waals surface area contributed by atoms with Crippen LogP contribution < -0.4 is 25.4 Å². The first-order chi connectivity index (χ1) is 15.1. The van der Waals surface area contributed by atoms with Gasteiger partial charge >= 0.3 is 6.03 Å². The lowest BCUT2D eigenvalue weighted by atomic mass is 10.2. The summed E-state index contributed by atoms with van der Waals surface area (Å²) in [4.78, 5) is 11.9. The van der Waals surface area contributed by atoms with Crippen molar-refractivity contribution < 1.29 is 23.8 Å². The molecule has 0 saturated carbocycles. The fraction of sp³-hybridized carbons (Fsp3) is 0.364. The summed E-state index contributed by atoms with van der Waals surface area (Å²) in [5.41, 5.74) is 1.02. The number of aliphatic hydroxyl groups excluding tert-OH is 1. The molecule has 4 N–H and O–H groups in total. The molecule has 1 atom stereocenters. The molecule has 0 heterocycles. The number of aliphatic hydroxyl groups is 1. The van der Waals surface area contributed by atoms with Crippen molar-refractivity contribution in [3.63, 3.8) is 0 Å². The average Bonchev–Trinajstić information content (AvgIpc) is 2.79. The molecule has 0 aliphatic carbocycles. The lowest BCUT2D eigenvalue weighted by Crippen LogP contribution is -2.38. The highest BCUT2D eigenvalue weighted by molar-refractivity contribution is 5.89. The molecule has 0 bridgehead atoms. The summed E-state index contributed by atoms with van der Waals surface area (Å²) in [6.07, 6.45) is -0.415. The van der Waals surface area contributed by atoms with Crippen molar-refractivity contribution in [2.24, 2.45) is 0 Å². The summed E-state index contributed by atoms with van der Waals surface area (Å²) in [6, 6.07) is 15.3. The van der Waals surface area contributed by atoms with Crippen molar-refractivity contribution in [2.75, 3.05) is 44.8 Å². The molecule has 0 spiro atoms. The van der Waals surface area contributed by atoms with Crippen LogP contribution in [0.5, 0.6) is 11.5 Å². The third-order valence-corrected chi connectivity index (χ3v) is 4.06. The van der Waals surface area contributed by atoms with Gasteiger partial charge in [0, 0.05) is 31.7 Å². The maximum Gasteiger partial charge on any atom is 0.319 e. The Kier molecular flexibility index (Phi) is 10.6. The van der Waals surface area contributed by atoms with Gasteiger partial charge in [-0.15, -0.1) is 0 Å². The molecule has 0 fully saturated rings. The van der Waals surface area contributed by atoms with Crippen LogP contribution in [0, 0.1) is 11.3 Å². The molecule has 9 heteroatoms. The first-order valence-corrected chi connectivity index (χ1v) is 9.96. The second kappa shape index (κ2) is 13.8. The molecule has 0 radical (unpaired) electrons. The van der Waals surface area contributed by atoms with Crippen molar-refractivity contribution in [3.05, 3.63) is 54.1 Å². The van der Waals surface area contributed by atoms with Crippen LogP contribution in [0.25, 0.3) is 0 Å². The predicted molar refractivity (Wildman–Crippen MR) is 115 cm³/mol. The molecule has 0 unspecified atom stereocenters. The molecule has 0 aliphatic heterocycles. The number of urea groups is 1. The van der Waals surface area contributed by atoms with E-state index in [-0.39, 0.29) is 19.2 Å². The number of amides is 2. The van der Waals surface area contributed by atoms with Crippen LogP contribution in [0.2, 0.25) is 0 Å². The predicted octanol–water partition coefficient (Wildman–Crippen LogP) is 2.45. The Hall–Kier alpha value is -3.35. The summed E-state index contributed by atoms with van der Waals surface area (Å²) >= 11 is 0. The van der Waals surface area contributed by atoms with Crippen LogP contribution in [0.15, 0.2) is 48.5 Å². The third kappa shape index (κ3) is 9.33. The van der Waals surface area contributed by atoms with E-state index in [2.05, 4.69) is 16.0 Å². The topological polar surface area (TPSA) is 116 Å². The smallest absolute Gasteiger partial charge is 0.319 e. The maximum atomic E-state index is 12.1. The van der Waals surface area contributed by atoms with Gasteiger partial charge in [0.2, 0.25) is 0 Å². The number of rotatable bonds is 13. The summed E-state index contributed by atoms with van der Waals surface area (Å²) in [5.74, 6) is 1.05. The molecule has 2 aromatic carbocycles. The molecule has 0 saturated heterocycles. The van der Waals surface area contributed by atoms with Crippen LogP contribution >= 0.6 is 0 Å². The van der Waals surface area contributed by atoms with Gasteiger partial charge in [-0.05, 0) is 36.4 Å². The summed E-state index contributed by atoms with van der Waals surface area (Å²) in [5, 5.41) is 27.4. The molecular weight excluding hydrogens is 402 g/mol. The Labute approximate surface area is 181 Å². The third-order valence-electron chi connectivity index (χ3n) is 4.06. The van der Waals surface area contributed by atoms with Gasteiger partial charge in [0.05, 0.1) is 18.8 Å². The van der Waals surface area contributed by atoms with E-state index in [4.69, 9.17) is 14.7 Å². The molecular formula is C22H27FN4O4. The molecule has 2 rings (SSSR count). The van der Waals surface area contributed by atoms with Gasteiger partial charge in [0.1, 0.15) is 30.3 Å². The van der Waals surface area contributed by atoms with Crippen molar-refractivity contribution >= 4 is 11.7 Å². The van der Waals surface area contributed by atoms with Crippen LogP contribution in [-0.4, -0.2) is 56.8 Å². The lowest BCUT2D eigenvalue weighted by Gasteiger charge is -2.14. The number of nitrogens with zero attached hydrogens (tertiary/aromatic N) is 1.